The topological polar surface area (TPSA) is 85.0 Å². The van der Waals surface area contributed by atoms with Gasteiger partial charge in [-0.05, 0) is 55.5 Å². The fourth-order valence-corrected chi connectivity index (χ4v) is 4.85. The normalized spacial score (nSPS) is 23.2. The Morgan fingerprint density at radius 3 is 2.87 bits per heavy atom. The van der Waals surface area contributed by atoms with E-state index in [1.165, 1.54) is 19.3 Å². The minimum atomic E-state index is 0.505. The monoisotopic (exact) mass is 400 g/mol. The van der Waals surface area contributed by atoms with Crippen LogP contribution < -0.4 is 10.6 Å². The molecule has 2 N–H and O–H groups in total. The van der Waals surface area contributed by atoms with Gasteiger partial charge >= 0.3 is 0 Å². The van der Waals surface area contributed by atoms with Gasteiger partial charge in [0.05, 0.1) is 23.8 Å². The third kappa shape index (κ3) is 2.95. The van der Waals surface area contributed by atoms with E-state index >= 15 is 0 Å². The number of nitrogens with zero attached hydrogens (tertiary/aromatic N) is 6. The van der Waals surface area contributed by atoms with Crippen LogP contribution in [0.1, 0.15) is 19.3 Å². The predicted octanol–water partition coefficient (Wildman–Crippen LogP) is 2.75. The van der Waals surface area contributed by atoms with Crippen LogP contribution in [-0.4, -0.2) is 48.5 Å². The molecule has 1 saturated heterocycles. The number of anilines is 1. The van der Waals surface area contributed by atoms with Crippen molar-refractivity contribution in [2.45, 2.75) is 25.3 Å². The molecular formula is C22H24N8. The predicted molar refractivity (Wildman–Crippen MR) is 115 cm³/mol. The fraction of sp³-hybridized carbons (Fsp3) is 0.364. The Labute approximate surface area is 174 Å². The summed E-state index contributed by atoms with van der Waals surface area (Å²) in [5.74, 6) is 0.914. The summed E-state index contributed by atoms with van der Waals surface area (Å²) < 4.78 is 3.63. The first-order valence-electron chi connectivity index (χ1n) is 10.5. The highest BCUT2D eigenvalue weighted by Gasteiger charge is 2.45. The molecule has 1 saturated carbocycles. The SMILES string of the molecule is Cn1cc(-c2ccc3ncc(-c4cccc(NC5CC6(CCNC6)C5)n4)n3n2)cn1. The van der Waals surface area contributed by atoms with Gasteiger partial charge < -0.3 is 10.6 Å². The fourth-order valence-electron chi connectivity index (χ4n) is 4.85. The average molecular weight is 400 g/mol. The van der Waals surface area contributed by atoms with Gasteiger partial charge in [0.2, 0.25) is 0 Å². The van der Waals surface area contributed by atoms with Crippen molar-refractivity contribution in [3.63, 3.8) is 0 Å². The molecule has 5 heterocycles. The smallest absolute Gasteiger partial charge is 0.154 e. The van der Waals surface area contributed by atoms with Crippen LogP contribution in [0.3, 0.4) is 0 Å². The van der Waals surface area contributed by atoms with Crippen LogP contribution in [0.5, 0.6) is 0 Å². The lowest BCUT2D eigenvalue weighted by Crippen LogP contribution is -2.46. The molecule has 0 bridgehead atoms. The molecule has 4 aromatic heterocycles. The van der Waals surface area contributed by atoms with Crippen molar-refractivity contribution in [3.05, 3.63) is 48.9 Å². The molecule has 152 valence electrons. The molecule has 2 aliphatic rings. The van der Waals surface area contributed by atoms with Crippen LogP contribution in [-0.2, 0) is 7.05 Å². The van der Waals surface area contributed by atoms with E-state index < -0.39 is 0 Å². The van der Waals surface area contributed by atoms with Gasteiger partial charge in [-0.1, -0.05) is 6.07 Å². The van der Waals surface area contributed by atoms with E-state index in [1.54, 1.807) is 4.68 Å². The highest BCUT2D eigenvalue weighted by Crippen LogP contribution is 2.46. The number of hydrogen-bond acceptors (Lipinski definition) is 6. The Balaban J connectivity index is 1.28. The Morgan fingerprint density at radius 2 is 2.07 bits per heavy atom. The molecule has 8 nitrogen and oxygen atoms in total. The molecule has 1 aliphatic heterocycles. The Hall–Kier alpha value is -3.26. The first-order valence-corrected chi connectivity index (χ1v) is 10.5. The summed E-state index contributed by atoms with van der Waals surface area (Å²) in [6, 6.07) is 10.5. The van der Waals surface area contributed by atoms with Crippen molar-refractivity contribution in [1.82, 2.24) is 34.7 Å². The van der Waals surface area contributed by atoms with Crippen LogP contribution in [0.25, 0.3) is 28.3 Å². The van der Waals surface area contributed by atoms with Crippen molar-refractivity contribution >= 4 is 11.5 Å². The molecule has 0 unspecified atom stereocenters. The van der Waals surface area contributed by atoms with Crippen LogP contribution in [0, 0.1) is 5.41 Å². The molecule has 0 radical (unpaired) electrons. The number of fused-ring (bicyclic) bond motifs is 1. The zero-order chi connectivity index (χ0) is 20.1. The Morgan fingerprint density at radius 1 is 1.13 bits per heavy atom. The van der Waals surface area contributed by atoms with Crippen molar-refractivity contribution in [2.75, 3.05) is 18.4 Å². The maximum atomic E-state index is 4.86. The minimum absolute atomic E-state index is 0.505. The number of rotatable bonds is 4. The highest BCUT2D eigenvalue weighted by atomic mass is 15.3. The zero-order valence-corrected chi connectivity index (χ0v) is 16.9. The quantitative estimate of drug-likeness (QED) is 0.548. The highest BCUT2D eigenvalue weighted by molar-refractivity contribution is 5.64. The van der Waals surface area contributed by atoms with Crippen LogP contribution in [0.4, 0.5) is 5.82 Å². The molecule has 6 rings (SSSR count). The van der Waals surface area contributed by atoms with Crippen LogP contribution >= 0.6 is 0 Å². The van der Waals surface area contributed by atoms with Crippen molar-refractivity contribution in [2.24, 2.45) is 12.5 Å². The van der Waals surface area contributed by atoms with Crippen LogP contribution in [0.15, 0.2) is 48.9 Å². The number of aryl methyl sites for hydroxylation is 1. The van der Waals surface area contributed by atoms with E-state index in [4.69, 9.17) is 10.1 Å². The van der Waals surface area contributed by atoms with Gasteiger partial charge in [0.1, 0.15) is 11.5 Å². The van der Waals surface area contributed by atoms with Gasteiger partial charge in [-0.3, -0.25) is 4.68 Å². The van der Waals surface area contributed by atoms with Gasteiger partial charge in [-0.2, -0.15) is 10.2 Å². The summed E-state index contributed by atoms with van der Waals surface area (Å²) in [5.41, 5.74) is 4.89. The summed E-state index contributed by atoms with van der Waals surface area (Å²) in [7, 11) is 1.90. The van der Waals surface area contributed by atoms with E-state index in [9.17, 15) is 0 Å². The molecule has 8 heteroatoms. The third-order valence-electron chi connectivity index (χ3n) is 6.42. The first-order chi connectivity index (χ1) is 14.7. The van der Waals surface area contributed by atoms with Gasteiger partial charge in [0.25, 0.3) is 0 Å². The first kappa shape index (κ1) is 17.6. The number of pyridine rings is 1. The molecule has 0 amide bonds. The summed E-state index contributed by atoms with van der Waals surface area (Å²) in [6.07, 6.45) is 9.35. The van der Waals surface area contributed by atoms with Gasteiger partial charge in [0.15, 0.2) is 5.65 Å². The van der Waals surface area contributed by atoms with E-state index in [0.29, 0.717) is 11.5 Å². The van der Waals surface area contributed by atoms with E-state index in [0.717, 1.165) is 47.2 Å². The summed E-state index contributed by atoms with van der Waals surface area (Å²) in [5, 5.41) is 16.2. The molecule has 0 atom stereocenters. The van der Waals surface area contributed by atoms with Crippen molar-refractivity contribution in [3.8, 4) is 22.6 Å². The second-order valence-corrected chi connectivity index (χ2v) is 8.62. The summed E-state index contributed by atoms with van der Waals surface area (Å²) in [4.78, 5) is 9.38. The molecule has 0 aromatic carbocycles. The molecule has 30 heavy (non-hydrogen) atoms. The third-order valence-corrected chi connectivity index (χ3v) is 6.42. The van der Waals surface area contributed by atoms with Gasteiger partial charge in [0, 0.05) is 31.4 Å². The lowest BCUT2D eigenvalue weighted by atomic mass is 9.65. The van der Waals surface area contributed by atoms with E-state index in [1.807, 2.05) is 60.5 Å². The Kier molecular flexibility index (Phi) is 3.89. The van der Waals surface area contributed by atoms with Gasteiger partial charge in [-0.25, -0.2) is 14.5 Å². The Bertz CT molecular complexity index is 1210. The number of aromatic nitrogens is 6. The lowest BCUT2D eigenvalue weighted by molar-refractivity contribution is 0.141. The number of hydrogen-bond donors (Lipinski definition) is 2. The van der Waals surface area contributed by atoms with Crippen molar-refractivity contribution in [1.29, 1.82) is 0 Å². The maximum Gasteiger partial charge on any atom is 0.154 e. The van der Waals surface area contributed by atoms with Gasteiger partial charge in [-0.15, -0.1) is 0 Å². The lowest BCUT2D eigenvalue weighted by Gasteiger charge is -2.45. The van der Waals surface area contributed by atoms with E-state index in [2.05, 4.69) is 20.7 Å². The van der Waals surface area contributed by atoms with Crippen LogP contribution in [0.2, 0.25) is 0 Å². The molecule has 4 aromatic rings. The summed E-state index contributed by atoms with van der Waals surface area (Å²) >= 11 is 0. The standard InChI is InChI=1S/C22H24N8/c1-29-13-15(11-25-29)17-5-6-21-24-12-19(30(21)28-17)18-3-2-4-20(27-18)26-16-9-22(10-16)7-8-23-14-22/h2-6,11-13,16,23H,7-10,14H2,1H3,(H,26,27). The second-order valence-electron chi connectivity index (χ2n) is 8.62. The molecule has 2 fully saturated rings. The maximum absolute atomic E-state index is 4.86. The molecular weight excluding hydrogens is 376 g/mol. The summed E-state index contributed by atoms with van der Waals surface area (Å²) in [6.45, 7) is 2.31. The molecule has 1 spiro atoms. The zero-order valence-electron chi connectivity index (χ0n) is 16.9. The molecule has 1 aliphatic carbocycles. The average Bonchev–Trinajstić information content (AvgIpc) is 3.46. The largest absolute Gasteiger partial charge is 0.367 e. The minimum Gasteiger partial charge on any atom is -0.367 e. The second kappa shape index (κ2) is 6.63. The van der Waals surface area contributed by atoms with Crippen molar-refractivity contribution < 1.29 is 0 Å². The number of nitrogens with one attached hydrogen (secondary N) is 2. The number of imidazole rings is 1. The van der Waals surface area contributed by atoms with E-state index in [-0.39, 0.29) is 0 Å².